The zero-order valence-electron chi connectivity index (χ0n) is 18.2. The van der Waals surface area contributed by atoms with Gasteiger partial charge in [-0.2, -0.15) is 18.2 Å². The van der Waals surface area contributed by atoms with Gasteiger partial charge >= 0.3 is 6.18 Å². The third-order valence-corrected chi connectivity index (χ3v) is 6.25. The minimum atomic E-state index is -4.72. The third-order valence-electron chi connectivity index (χ3n) is 5.95. The van der Waals surface area contributed by atoms with Crippen LogP contribution in [0.25, 0.3) is 11.1 Å². The smallest absolute Gasteiger partial charge is 0.368 e. The van der Waals surface area contributed by atoms with Gasteiger partial charge in [-0.1, -0.05) is 35.9 Å². The predicted molar refractivity (Wildman–Crippen MR) is 122 cm³/mol. The quantitative estimate of drug-likeness (QED) is 0.331. The van der Waals surface area contributed by atoms with Crippen LogP contribution in [0.5, 0.6) is 0 Å². The molecule has 3 aromatic rings. The molecule has 0 unspecified atom stereocenters. The summed E-state index contributed by atoms with van der Waals surface area (Å²) >= 11 is 6.27. The van der Waals surface area contributed by atoms with Crippen LogP contribution in [-0.2, 0) is 17.4 Å². The Balaban J connectivity index is 1.55. The monoisotopic (exact) mass is 513 g/mol. The largest absolute Gasteiger partial charge is 0.417 e. The predicted octanol–water partition coefficient (Wildman–Crippen LogP) is 6.41. The maximum absolute atomic E-state index is 13.9. The normalized spacial score (nSPS) is 16.3. The molecule has 0 radical (unpaired) electrons. The summed E-state index contributed by atoms with van der Waals surface area (Å²) in [6.07, 6.45) is -5.04. The summed E-state index contributed by atoms with van der Waals surface area (Å²) in [6.45, 7) is 0. The van der Waals surface area contributed by atoms with Gasteiger partial charge in [-0.15, -0.1) is 5.10 Å². The van der Waals surface area contributed by atoms with Crippen LogP contribution < -0.4 is 11.1 Å². The Morgan fingerprint density at radius 1 is 1.17 bits per heavy atom. The van der Waals surface area contributed by atoms with Gasteiger partial charge in [-0.3, -0.25) is 4.79 Å². The lowest BCUT2D eigenvalue weighted by Crippen LogP contribution is -2.29. The Kier molecular flexibility index (Phi) is 6.72. The van der Waals surface area contributed by atoms with Crippen molar-refractivity contribution >= 4 is 35.0 Å². The molecule has 4 rings (SSSR count). The SMILES string of the molecule is Nc1nc(Nc2cc(Cl)c(-c3ccc(CC(=O)C4CCC(F)(F)CC4)cc3)c(C(F)(F)F)c2)n[nH]1. The van der Waals surface area contributed by atoms with Gasteiger partial charge in [0.15, 0.2) is 0 Å². The van der Waals surface area contributed by atoms with Crippen molar-refractivity contribution in [3.8, 4) is 11.1 Å². The number of hydrogen-bond acceptors (Lipinski definition) is 5. The van der Waals surface area contributed by atoms with Gasteiger partial charge in [0.1, 0.15) is 5.78 Å². The fourth-order valence-electron chi connectivity index (χ4n) is 4.15. The van der Waals surface area contributed by atoms with Crippen LogP contribution in [0, 0.1) is 5.92 Å². The minimum Gasteiger partial charge on any atom is -0.368 e. The first-order valence-corrected chi connectivity index (χ1v) is 11.1. The molecule has 4 N–H and O–H groups in total. The number of halogens is 6. The topological polar surface area (TPSA) is 96.7 Å². The number of nitrogens with one attached hydrogen (secondary N) is 2. The van der Waals surface area contributed by atoms with Crippen LogP contribution in [0.15, 0.2) is 36.4 Å². The molecule has 2 aromatic carbocycles. The molecule has 0 saturated heterocycles. The number of ketones is 1. The Morgan fingerprint density at radius 2 is 1.83 bits per heavy atom. The van der Waals surface area contributed by atoms with Crippen LogP contribution in [0.1, 0.15) is 36.8 Å². The first-order valence-electron chi connectivity index (χ1n) is 10.8. The molecule has 1 aliphatic carbocycles. The van der Waals surface area contributed by atoms with Crippen molar-refractivity contribution in [2.75, 3.05) is 11.1 Å². The number of carbonyl (C=O) groups excluding carboxylic acids is 1. The molecule has 1 heterocycles. The molecule has 35 heavy (non-hydrogen) atoms. The highest BCUT2D eigenvalue weighted by atomic mass is 35.5. The number of carbonyl (C=O) groups is 1. The van der Waals surface area contributed by atoms with Crippen molar-refractivity contribution in [2.45, 2.75) is 44.2 Å². The molecule has 186 valence electrons. The van der Waals surface area contributed by atoms with E-state index in [9.17, 15) is 26.7 Å². The Bertz CT molecular complexity index is 1220. The van der Waals surface area contributed by atoms with Gasteiger partial charge in [-0.25, -0.2) is 13.9 Å². The van der Waals surface area contributed by atoms with E-state index < -0.39 is 23.6 Å². The van der Waals surface area contributed by atoms with E-state index in [2.05, 4.69) is 20.5 Å². The van der Waals surface area contributed by atoms with E-state index in [1.807, 2.05) is 0 Å². The molecule has 1 saturated carbocycles. The Morgan fingerprint density at radius 3 is 2.40 bits per heavy atom. The van der Waals surface area contributed by atoms with Crippen molar-refractivity contribution in [2.24, 2.45) is 5.92 Å². The Hall–Kier alpha value is -3.21. The van der Waals surface area contributed by atoms with E-state index in [1.54, 1.807) is 12.1 Å². The fraction of sp³-hybridized carbons (Fsp3) is 0.348. The summed E-state index contributed by atoms with van der Waals surface area (Å²) in [5, 5.41) is 8.56. The van der Waals surface area contributed by atoms with E-state index in [4.69, 9.17) is 17.3 Å². The maximum Gasteiger partial charge on any atom is 0.417 e. The number of hydrogen-bond donors (Lipinski definition) is 3. The summed E-state index contributed by atoms with van der Waals surface area (Å²) in [7, 11) is 0. The molecule has 0 bridgehead atoms. The molecule has 1 fully saturated rings. The summed E-state index contributed by atoms with van der Waals surface area (Å²) in [4.78, 5) is 16.3. The highest BCUT2D eigenvalue weighted by Crippen LogP contribution is 2.43. The van der Waals surface area contributed by atoms with E-state index in [-0.39, 0.29) is 71.6 Å². The van der Waals surface area contributed by atoms with Crippen molar-refractivity contribution in [1.82, 2.24) is 15.2 Å². The van der Waals surface area contributed by atoms with Crippen LogP contribution in [-0.4, -0.2) is 26.9 Å². The lowest BCUT2D eigenvalue weighted by Gasteiger charge is -2.27. The molecule has 6 nitrogen and oxygen atoms in total. The summed E-state index contributed by atoms with van der Waals surface area (Å²) < 4.78 is 68.4. The van der Waals surface area contributed by atoms with Crippen molar-refractivity contribution in [1.29, 1.82) is 0 Å². The minimum absolute atomic E-state index is 0.00809. The highest BCUT2D eigenvalue weighted by Gasteiger charge is 2.37. The van der Waals surface area contributed by atoms with Gasteiger partial charge in [0.25, 0.3) is 0 Å². The molecule has 0 amide bonds. The zero-order chi connectivity index (χ0) is 25.4. The number of aromatic nitrogens is 3. The Labute approximate surface area is 202 Å². The first-order chi connectivity index (χ1) is 16.4. The number of nitrogens with two attached hydrogens (primary N) is 1. The maximum atomic E-state index is 13.9. The van der Waals surface area contributed by atoms with Gasteiger partial charge in [-0.05, 0) is 36.1 Å². The number of aromatic amines is 1. The zero-order valence-corrected chi connectivity index (χ0v) is 19.0. The van der Waals surface area contributed by atoms with Crippen molar-refractivity contribution < 1.29 is 26.7 Å². The van der Waals surface area contributed by atoms with Crippen LogP contribution in [0.2, 0.25) is 5.02 Å². The van der Waals surface area contributed by atoms with Gasteiger partial charge in [0, 0.05) is 36.4 Å². The second-order valence-corrected chi connectivity index (χ2v) is 8.93. The van der Waals surface area contributed by atoms with Gasteiger partial charge in [0.2, 0.25) is 17.8 Å². The number of rotatable bonds is 6. The molecule has 12 heteroatoms. The molecule has 1 aromatic heterocycles. The molecule has 1 aliphatic rings. The summed E-state index contributed by atoms with van der Waals surface area (Å²) in [5.41, 5.74) is 5.06. The summed E-state index contributed by atoms with van der Waals surface area (Å²) in [5.74, 6) is -3.33. The molecule has 0 atom stereocenters. The highest BCUT2D eigenvalue weighted by molar-refractivity contribution is 6.34. The number of nitrogens with zero attached hydrogens (tertiary/aromatic N) is 2. The molecular weight excluding hydrogens is 493 g/mol. The van der Waals surface area contributed by atoms with Crippen LogP contribution >= 0.6 is 11.6 Å². The standard InChI is InChI=1S/C23H21ClF5N5O/c24-17-11-15(31-21-32-20(30)33-34-21)10-16(23(27,28)29)19(17)14-3-1-12(2-4-14)9-18(35)13-5-7-22(25,26)8-6-13/h1-4,10-11,13H,5-9H2,(H4,30,31,32,33,34). The number of anilines is 3. The number of benzene rings is 2. The number of nitrogen functional groups attached to an aromatic ring is 1. The molecule has 0 aliphatic heterocycles. The van der Waals surface area contributed by atoms with Gasteiger partial charge in [0.05, 0.1) is 10.6 Å². The van der Waals surface area contributed by atoms with E-state index >= 15 is 0 Å². The second kappa shape index (κ2) is 9.44. The van der Waals surface area contributed by atoms with E-state index in [0.29, 0.717) is 5.56 Å². The van der Waals surface area contributed by atoms with E-state index in [1.165, 1.54) is 18.2 Å². The van der Waals surface area contributed by atoms with Crippen LogP contribution in [0.4, 0.5) is 39.5 Å². The number of alkyl halides is 5. The number of Topliss-reactive ketones (excluding diaryl/α,β-unsaturated/α-hetero) is 1. The fourth-order valence-corrected chi connectivity index (χ4v) is 4.48. The second-order valence-electron chi connectivity index (χ2n) is 8.52. The van der Waals surface area contributed by atoms with Crippen molar-refractivity contribution in [3.05, 3.63) is 52.5 Å². The average Bonchev–Trinajstić information content (AvgIpc) is 3.18. The van der Waals surface area contributed by atoms with Crippen LogP contribution in [0.3, 0.4) is 0 Å². The lowest BCUT2D eigenvalue weighted by atomic mass is 9.82. The van der Waals surface area contributed by atoms with E-state index in [0.717, 1.165) is 6.07 Å². The molecular formula is C23H21ClF5N5O. The average molecular weight is 514 g/mol. The molecule has 0 spiro atoms. The van der Waals surface area contributed by atoms with Gasteiger partial charge < -0.3 is 11.1 Å². The third kappa shape index (κ3) is 5.90. The van der Waals surface area contributed by atoms with Crippen molar-refractivity contribution in [3.63, 3.8) is 0 Å². The first kappa shape index (κ1) is 24.9. The lowest BCUT2D eigenvalue weighted by molar-refractivity contribution is -0.137. The number of H-pyrrole nitrogens is 1. The summed E-state index contributed by atoms with van der Waals surface area (Å²) in [6, 6.07) is 8.21.